The Kier molecular flexibility index (Phi) is 3.96. The lowest BCUT2D eigenvalue weighted by Crippen LogP contribution is -2.24. The summed E-state index contributed by atoms with van der Waals surface area (Å²) in [6, 6.07) is 6.05. The van der Waals surface area contributed by atoms with Gasteiger partial charge in [0.2, 0.25) is 5.91 Å². The van der Waals surface area contributed by atoms with E-state index in [0.717, 1.165) is 34.1 Å². The number of thioether (sulfide) groups is 1. The zero-order valence-corrected chi connectivity index (χ0v) is 12.4. The van der Waals surface area contributed by atoms with Crippen molar-refractivity contribution in [2.24, 2.45) is 5.92 Å². The molecule has 20 heavy (non-hydrogen) atoms. The number of rotatable bonds is 6. The van der Waals surface area contributed by atoms with Crippen LogP contribution >= 0.6 is 11.8 Å². The van der Waals surface area contributed by atoms with E-state index in [-0.39, 0.29) is 5.91 Å². The van der Waals surface area contributed by atoms with E-state index >= 15 is 0 Å². The van der Waals surface area contributed by atoms with E-state index in [1.165, 1.54) is 12.8 Å². The predicted octanol–water partition coefficient (Wildman–Crippen LogP) is 2.63. The summed E-state index contributed by atoms with van der Waals surface area (Å²) in [6.07, 6.45) is 2.69. The molecule has 1 aliphatic carbocycles. The normalized spacial score (nSPS) is 14.7. The molecule has 2 N–H and O–H groups in total. The zero-order valence-electron chi connectivity index (χ0n) is 11.6. The Morgan fingerprint density at radius 2 is 2.35 bits per heavy atom. The first-order valence-corrected chi connectivity index (χ1v) is 8.16. The SMILES string of the molecule is Cc1nc2ccc(CNC(=O)CSCC3CC3)cc2[nH]1. The number of amides is 1. The summed E-state index contributed by atoms with van der Waals surface area (Å²) in [4.78, 5) is 19.3. The monoisotopic (exact) mass is 289 g/mol. The standard InChI is InChI=1S/C15H19N3OS/c1-10-17-13-5-4-12(6-14(13)18-10)7-16-15(19)9-20-8-11-2-3-11/h4-6,11H,2-3,7-9H2,1H3,(H,16,19)(H,17,18). The third kappa shape index (κ3) is 3.54. The van der Waals surface area contributed by atoms with Crippen molar-refractivity contribution >= 4 is 28.7 Å². The summed E-state index contributed by atoms with van der Waals surface area (Å²) in [7, 11) is 0. The molecule has 1 aromatic heterocycles. The third-order valence-corrected chi connectivity index (χ3v) is 4.61. The largest absolute Gasteiger partial charge is 0.351 e. The summed E-state index contributed by atoms with van der Waals surface area (Å²) in [6.45, 7) is 2.52. The zero-order chi connectivity index (χ0) is 13.9. The second-order valence-corrected chi connectivity index (χ2v) is 6.44. The molecule has 0 aliphatic heterocycles. The molecular weight excluding hydrogens is 270 g/mol. The van der Waals surface area contributed by atoms with Crippen LogP contribution in [0, 0.1) is 12.8 Å². The molecule has 1 saturated carbocycles. The van der Waals surface area contributed by atoms with E-state index in [1.807, 2.05) is 25.1 Å². The first kappa shape index (κ1) is 13.5. The molecule has 0 atom stereocenters. The fourth-order valence-electron chi connectivity index (χ4n) is 2.15. The Morgan fingerprint density at radius 3 is 3.15 bits per heavy atom. The molecule has 0 saturated heterocycles. The van der Waals surface area contributed by atoms with Gasteiger partial charge >= 0.3 is 0 Å². The van der Waals surface area contributed by atoms with E-state index in [4.69, 9.17) is 0 Å². The lowest BCUT2D eigenvalue weighted by atomic mass is 10.2. The minimum absolute atomic E-state index is 0.122. The number of benzene rings is 1. The quantitative estimate of drug-likeness (QED) is 0.859. The Labute approximate surface area is 122 Å². The van der Waals surface area contributed by atoms with Crippen LogP contribution in [0.25, 0.3) is 11.0 Å². The van der Waals surface area contributed by atoms with Gasteiger partial charge in [0.1, 0.15) is 5.82 Å². The molecule has 1 amide bonds. The lowest BCUT2D eigenvalue weighted by Gasteiger charge is -2.05. The number of imidazole rings is 1. The lowest BCUT2D eigenvalue weighted by molar-refractivity contribution is -0.118. The molecule has 1 heterocycles. The Hall–Kier alpha value is -1.49. The first-order chi connectivity index (χ1) is 9.70. The number of nitrogens with zero attached hydrogens (tertiary/aromatic N) is 1. The summed E-state index contributed by atoms with van der Waals surface area (Å²) in [5.74, 6) is 3.61. The molecule has 0 radical (unpaired) electrons. The minimum atomic E-state index is 0.122. The topological polar surface area (TPSA) is 57.8 Å². The fraction of sp³-hybridized carbons (Fsp3) is 0.467. The maximum absolute atomic E-state index is 11.7. The molecule has 3 rings (SSSR count). The van der Waals surface area contributed by atoms with Crippen molar-refractivity contribution in [2.75, 3.05) is 11.5 Å². The van der Waals surface area contributed by atoms with Gasteiger partial charge in [0.05, 0.1) is 16.8 Å². The number of carbonyl (C=O) groups excluding carboxylic acids is 1. The van der Waals surface area contributed by atoms with Crippen molar-refractivity contribution in [2.45, 2.75) is 26.3 Å². The molecule has 2 aromatic rings. The van der Waals surface area contributed by atoms with Crippen LogP contribution in [0.2, 0.25) is 0 Å². The average Bonchev–Trinajstić information content (AvgIpc) is 3.16. The molecule has 1 aliphatic rings. The Bertz CT molecular complexity index is 619. The van der Waals surface area contributed by atoms with Crippen molar-refractivity contribution in [3.8, 4) is 0 Å². The van der Waals surface area contributed by atoms with Gasteiger partial charge in [0.15, 0.2) is 0 Å². The summed E-state index contributed by atoms with van der Waals surface area (Å²) < 4.78 is 0. The van der Waals surface area contributed by atoms with E-state index in [1.54, 1.807) is 11.8 Å². The van der Waals surface area contributed by atoms with Crippen LogP contribution in [0.5, 0.6) is 0 Å². The van der Waals surface area contributed by atoms with Crippen LogP contribution in [0.3, 0.4) is 0 Å². The second-order valence-electron chi connectivity index (χ2n) is 5.41. The predicted molar refractivity (Wildman–Crippen MR) is 82.7 cm³/mol. The Balaban J connectivity index is 1.49. The number of carbonyl (C=O) groups is 1. The molecule has 0 bridgehead atoms. The molecule has 106 valence electrons. The maximum atomic E-state index is 11.7. The van der Waals surface area contributed by atoms with Crippen molar-refractivity contribution in [1.29, 1.82) is 0 Å². The molecule has 1 fully saturated rings. The number of aryl methyl sites for hydroxylation is 1. The fourth-order valence-corrected chi connectivity index (χ4v) is 3.22. The van der Waals surface area contributed by atoms with Crippen molar-refractivity contribution in [3.63, 3.8) is 0 Å². The van der Waals surface area contributed by atoms with Crippen molar-refractivity contribution in [3.05, 3.63) is 29.6 Å². The molecule has 5 heteroatoms. The van der Waals surface area contributed by atoms with Crippen LogP contribution in [-0.4, -0.2) is 27.4 Å². The number of fused-ring (bicyclic) bond motifs is 1. The van der Waals surface area contributed by atoms with Crippen LogP contribution < -0.4 is 5.32 Å². The Morgan fingerprint density at radius 1 is 1.50 bits per heavy atom. The van der Waals surface area contributed by atoms with Crippen molar-refractivity contribution in [1.82, 2.24) is 15.3 Å². The van der Waals surface area contributed by atoms with Gasteiger partial charge in [0.25, 0.3) is 0 Å². The van der Waals surface area contributed by atoms with Crippen molar-refractivity contribution < 1.29 is 4.79 Å². The van der Waals surface area contributed by atoms with Crippen LogP contribution in [0.4, 0.5) is 0 Å². The van der Waals surface area contributed by atoms with Crippen LogP contribution in [0.1, 0.15) is 24.2 Å². The highest BCUT2D eigenvalue weighted by molar-refractivity contribution is 7.99. The van der Waals surface area contributed by atoms with Gasteiger partial charge in [-0.25, -0.2) is 4.98 Å². The van der Waals surface area contributed by atoms with Gasteiger partial charge in [-0.05, 0) is 49.1 Å². The summed E-state index contributed by atoms with van der Waals surface area (Å²) >= 11 is 1.74. The highest BCUT2D eigenvalue weighted by Crippen LogP contribution is 2.32. The number of H-pyrrole nitrogens is 1. The second kappa shape index (κ2) is 5.87. The van der Waals surface area contributed by atoms with E-state index < -0.39 is 0 Å². The van der Waals surface area contributed by atoms with Gasteiger partial charge in [-0.2, -0.15) is 11.8 Å². The molecule has 1 aromatic carbocycles. The first-order valence-electron chi connectivity index (χ1n) is 7.00. The maximum Gasteiger partial charge on any atom is 0.230 e. The van der Waals surface area contributed by atoms with E-state index in [9.17, 15) is 4.79 Å². The smallest absolute Gasteiger partial charge is 0.230 e. The number of hydrogen-bond donors (Lipinski definition) is 2. The third-order valence-electron chi connectivity index (χ3n) is 3.44. The van der Waals surface area contributed by atoms with Crippen LogP contribution in [-0.2, 0) is 11.3 Å². The molecule has 0 spiro atoms. The van der Waals surface area contributed by atoms with E-state index in [2.05, 4.69) is 15.3 Å². The molecule has 0 unspecified atom stereocenters. The highest BCUT2D eigenvalue weighted by atomic mass is 32.2. The summed E-state index contributed by atoms with van der Waals surface area (Å²) in [5, 5.41) is 2.97. The van der Waals surface area contributed by atoms with Gasteiger partial charge in [-0.3, -0.25) is 4.79 Å². The number of aromatic nitrogens is 2. The van der Waals surface area contributed by atoms with Gasteiger partial charge in [0, 0.05) is 6.54 Å². The van der Waals surface area contributed by atoms with E-state index in [0.29, 0.717) is 12.3 Å². The molecule has 4 nitrogen and oxygen atoms in total. The number of aromatic amines is 1. The van der Waals surface area contributed by atoms with Crippen LogP contribution in [0.15, 0.2) is 18.2 Å². The number of hydrogen-bond acceptors (Lipinski definition) is 3. The van der Waals surface area contributed by atoms with Gasteiger partial charge in [-0.15, -0.1) is 0 Å². The van der Waals surface area contributed by atoms with Gasteiger partial charge in [-0.1, -0.05) is 6.07 Å². The number of nitrogens with one attached hydrogen (secondary N) is 2. The summed E-state index contributed by atoms with van der Waals surface area (Å²) in [5.41, 5.74) is 3.09. The minimum Gasteiger partial charge on any atom is -0.351 e. The highest BCUT2D eigenvalue weighted by Gasteiger charge is 2.21. The average molecular weight is 289 g/mol. The molecular formula is C15H19N3OS. The van der Waals surface area contributed by atoms with Gasteiger partial charge < -0.3 is 10.3 Å².